The Morgan fingerprint density at radius 2 is 2.33 bits per heavy atom. The molecule has 0 unspecified atom stereocenters. The predicted molar refractivity (Wildman–Crippen MR) is 59.7 cm³/mol. The number of benzene rings is 1. The van der Waals surface area contributed by atoms with Crippen LogP contribution in [-0.4, -0.2) is 25.0 Å². The van der Waals surface area contributed by atoms with Crippen molar-refractivity contribution in [3.63, 3.8) is 0 Å². The van der Waals surface area contributed by atoms with Gasteiger partial charge in [0.15, 0.2) is 0 Å². The van der Waals surface area contributed by atoms with Crippen molar-refractivity contribution in [3.05, 3.63) is 35.4 Å². The number of hydrogen-bond donors (Lipinski definition) is 2. The third kappa shape index (κ3) is 2.80. The zero-order valence-electron chi connectivity index (χ0n) is 8.92. The van der Waals surface area contributed by atoms with Gasteiger partial charge >= 0.3 is 0 Å². The van der Waals surface area contributed by atoms with Gasteiger partial charge in [-0.2, -0.15) is 0 Å². The minimum Gasteiger partial charge on any atom is -0.351 e. The molecule has 0 spiro atoms. The van der Waals surface area contributed by atoms with Crippen LogP contribution in [0.4, 0.5) is 0 Å². The first kappa shape index (κ1) is 10.2. The molecule has 0 radical (unpaired) electrons. The number of aryl methyl sites for hydroxylation is 1. The Labute approximate surface area is 89.9 Å². The van der Waals surface area contributed by atoms with Crippen LogP contribution in [0.25, 0.3) is 0 Å². The van der Waals surface area contributed by atoms with Crippen molar-refractivity contribution in [2.75, 3.05) is 13.1 Å². The summed E-state index contributed by atoms with van der Waals surface area (Å²) in [7, 11) is 0. The fraction of sp³-hybridized carbons (Fsp3) is 0.417. The second-order valence-electron chi connectivity index (χ2n) is 4.09. The number of amides is 1. The molecule has 2 rings (SSSR count). The third-order valence-electron chi connectivity index (χ3n) is 2.59. The molecule has 2 N–H and O–H groups in total. The van der Waals surface area contributed by atoms with Crippen molar-refractivity contribution in [3.8, 4) is 0 Å². The lowest BCUT2D eigenvalue weighted by atomic mass is 10.1. The van der Waals surface area contributed by atoms with Crippen molar-refractivity contribution < 1.29 is 4.79 Å². The summed E-state index contributed by atoms with van der Waals surface area (Å²) >= 11 is 0. The van der Waals surface area contributed by atoms with Gasteiger partial charge in [0.25, 0.3) is 0 Å². The van der Waals surface area contributed by atoms with Crippen LogP contribution in [0, 0.1) is 6.92 Å². The Hall–Kier alpha value is -1.35. The van der Waals surface area contributed by atoms with Gasteiger partial charge in [-0.1, -0.05) is 29.8 Å². The van der Waals surface area contributed by atoms with Crippen LogP contribution in [0.5, 0.6) is 0 Å². The molecule has 1 aliphatic heterocycles. The van der Waals surface area contributed by atoms with Gasteiger partial charge in [0.2, 0.25) is 5.91 Å². The highest BCUT2D eigenvalue weighted by atomic mass is 16.1. The van der Waals surface area contributed by atoms with Crippen LogP contribution >= 0.6 is 0 Å². The maximum Gasteiger partial charge on any atom is 0.224 e. The second kappa shape index (κ2) is 4.45. The Morgan fingerprint density at radius 1 is 1.53 bits per heavy atom. The zero-order chi connectivity index (χ0) is 10.7. The van der Waals surface area contributed by atoms with E-state index in [0.29, 0.717) is 12.5 Å². The SMILES string of the molecule is Cc1cccc(CC(=O)NC2CNC2)c1. The van der Waals surface area contributed by atoms with E-state index in [0.717, 1.165) is 18.7 Å². The number of carbonyl (C=O) groups is 1. The van der Waals surface area contributed by atoms with E-state index >= 15 is 0 Å². The molecule has 0 aliphatic carbocycles. The van der Waals surface area contributed by atoms with Gasteiger partial charge in [-0.15, -0.1) is 0 Å². The summed E-state index contributed by atoms with van der Waals surface area (Å²) in [5.41, 5.74) is 2.28. The Balaban J connectivity index is 1.87. The lowest BCUT2D eigenvalue weighted by Gasteiger charge is -2.27. The first-order valence-electron chi connectivity index (χ1n) is 5.29. The summed E-state index contributed by atoms with van der Waals surface area (Å²) in [6.45, 7) is 3.84. The van der Waals surface area contributed by atoms with Gasteiger partial charge in [0.05, 0.1) is 12.5 Å². The largest absolute Gasteiger partial charge is 0.351 e. The Bertz CT molecular complexity index is 358. The topological polar surface area (TPSA) is 41.1 Å². The van der Waals surface area contributed by atoms with Crippen molar-refractivity contribution in [2.45, 2.75) is 19.4 Å². The number of nitrogens with one attached hydrogen (secondary N) is 2. The molecule has 1 amide bonds. The molecule has 1 aliphatic rings. The smallest absolute Gasteiger partial charge is 0.224 e. The molecule has 1 aromatic rings. The quantitative estimate of drug-likeness (QED) is 0.758. The minimum atomic E-state index is 0.118. The van der Waals surface area contributed by atoms with E-state index in [2.05, 4.69) is 16.7 Å². The van der Waals surface area contributed by atoms with Crippen LogP contribution in [0.3, 0.4) is 0 Å². The minimum absolute atomic E-state index is 0.118. The second-order valence-corrected chi connectivity index (χ2v) is 4.09. The van der Waals surface area contributed by atoms with Gasteiger partial charge in [-0.05, 0) is 12.5 Å². The molecule has 0 atom stereocenters. The summed E-state index contributed by atoms with van der Waals surface area (Å²) in [6.07, 6.45) is 0.484. The molecule has 80 valence electrons. The van der Waals surface area contributed by atoms with E-state index < -0.39 is 0 Å². The number of hydrogen-bond acceptors (Lipinski definition) is 2. The van der Waals surface area contributed by atoms with Crippen molar-refractivity contribution >= 4 is 5.91 Å². The molecule has 1 fully saturated rings. The monoisotopic (exact) mass is 204 g/mol. The molecular formula is C12H16N2O. The maximum atomic E-state index is 11.6. The fourth-order valence-electron chi connectivity index (χ4n) is 1.68. The normalized spacial score (nSPS) is 15.8. The summed E-state index contributed by atoms with van der Waals surface area (Å²) in [4.78, 5) is 11.6. The lowest BCUT2D eigenvalue weighted by molar-refractivity contribution is -0.121. The van der Waals surface area contributed by atoms with Crippen LogP contribution in [0.1, 0.15) is 11.1 Å². The molecular weight excluding hydrogens is 188 g/mol. The molecule has 1 saturated heterocycles. The molecule has 3 nitrogen and oxygen atoms in total. The molecule has 0 aromatic heterocycles. The predicted octanol–water partition coefficient (Wildman–Crippen LogP) is 0.626. The Kier molecular flexibility index (Phi) is 3.02. The van der Waals surface area contributed by atoms with E-state index in [4.69, 9.17) is 0 Å². The van der Waals surface area contributed by atoms with Gasteiger partial charge in [0, 0.05) is 13.1 Å². The van der Waals surface area contributed by atoms with Gasteiger partial charge in [-0.25, -0.2) is 0 Å². The van der Waals surface area contributed by atoms with Crippen molar-refractivity contribution in [1.29, 1.82) is 0 Å². The average molecular weight is 204 g/mol. The zero-order valence-corrected chi connectivity index (χ0v) is 8.92. The van der Waals surface area contributed by atoms with E-state index in [1.807, 2.05) is 25.1 Å². The highest BCUT2D eigenvalue weighted by Crippen LogP contribution is 2.05. The van der Waals surface area contributed by atoms with E-state index in [9.17, 15) is 4.79 Å². The Morgan fingerprint density at radius 3 is 2.93 bits per heavy atom. The van der Waals surface area contributed by atoms with Gasteiger partial charge in [-0.3, -0.25) is 4.79 Å². The highest BCUT2D eigenvalue weighted by molar-refractivity contribution is 5.79. The van der Waals surface area contributed by atoms with Crippen molar-refractivity contribution in [2.24, 2.45) is 0 Å². The van der Waals surface area contributed by atoms with E-state index in [1.165, 1.54) is 5.56 Å². The molecule has 1 heterocycles. The maximum absolute atomic E-state index is 11.6. The van der Waals surface area contributed by atoms with Crippen LogP contribution in [0.15, 0.2) is 24.3 Å². The molecule has 15 heavy (non-hydrogen) atoms. The molecule has 0 bridgehead atoms. The first-order chi connectivity index (χ1) is 7.24. The molecule has 3 heteroatoms. The number of carbonyl (C=O) groups excluding carboxylic acids is 1. The van der Waals surface area contributed by atoms with Crippen LogP contribution in [-0.2, 0) is 11.2 Å². The van der Waals surface area contributed by atoms with E-state index in [1.54, 1.807) is 0 Å². The number of rotatable bonds is 3. The highest BCUT2D eigenvalue weighted by Gasteiger charge is 2.18. The van der Waals surface area contributed by atoms with E-state index in [-0.39, 0.29) is 5.91 Å². The molecule has 0 saturated carbocycles. The van der Waals surface area contributed by atoms with Gasteiger partial charge < -0.3 is 10.6 Å². The average Bonchev–Trinajstić information content (AvgIpc) is 2.11. The first-order valence-corrected chi connectivity index (χ1v) is 5.29. The summed E-state index contributed by atoms with van der Waals surface area (Å²) in [5, 5.41) is 6.11. The summed E-state index contributed by atoms with van der Waals surface area (Å²) in [6, 6.07) is 8.41. The van der Waals surface area contributed by atoms with Gasteiger partial charge in [0.1, 0.15) is 0 Å². The van der Waals surface area contributed by atoms with Crippen LogP contribution < -0.4 is 10.6 Å². The lowest BCUT2D eigenvalue weighted by Crippen LogP contribution is -2.57. The van der Waals surface area contributed by atoms with Crippen molar-refractivity contribution in [1.82, 2.24) is 10.6 Å². The third-order valence-corrected chi connectivity index (χ3v) is 2.59. The fourth-order valence-corrected chi connectivity index (χ4v) is 1.68. The molecule has 1 aromatic carbocycles. The van der Waals surface area contributed by atoms with Crippen LogP contribution in [0.2, 0.25) is 0 Å². The standard InChI is InChI=1S/C12H16N2O/c1-9-3-2-4-10(5-9)6-12(15)14-11-7-13-8-11/h2-5,11,13H,6-8H2,1H3,(H,14,15). The summed E-state index contributed by atoms with van der Waals surface area (Å²) in [5.74, 6) is 0.118. The summed E-state index contributed by atoms with van der Waals surface area (Å²) < 4.78 is 0.